The Morgan fingerprint density at radius 3 is 2.80 bits per heavy atom. The molecule has 0 bridgehead atoms. The maximum Gasteiger partial charge on any atom is 0.139 e. The van der Waals surface area contributed by atoms with Crippen molar-refractivity contribution in [3.63, 3.8) is 0 Å². The van der Waals surface area contributed by atoms with Crippen molar-refractivity contribution in [1.82, 2.24) is 9.97 Å². The van der Waals surface area contributed by atoms with Gasteiger partial charge in [-0.15, -0.1) is 0 Å². The van der Waals surface area contributed by atoms with E-state index in [4.69, 9.17) is 17.0 Å². The number of hydrogen-bond acceptors (Lipinski definition) is 3. The molecule has 0 unspecified atom stereocenters. The maximum atomic E-state index is 5.32. The molecule has 1 aliphatic rings. The van der Waals surface area contributed by atoms with Gasteiger partial charge in [0.15, 0.2) is 0 Å². The van der Waals surface area contributed by atoms with Crippen molar-refractivity contribution in [2.24, 2.45) is 0 Å². The summed E-state index contributed by atoms with van der Waals surface area (Å²) in [6.07, 6.45) is 5.10. The van der Waals surface area contributed by atoms with Crippen LogP contribution in [-0.2, 0) is 0 Å². The first-order chi connectivity index (χ1) is 9.76. The van der Waals surface area contributed by atoms with Crippen LogP contribution in [0.3, 0.4) is 0 Å². The summed E-state index contributed by atoms with van der Waals surface area (Å²) < 4.78 is 5.92. The van der Waals surface area contributed by atoms with Gasteiger partial charge in [0.2, 0.25) is 0 Å². The summed E-state index contributed by atoms with van der Waals surface area (Å²) >= 11 is 5.32. The number of benzene rings is 1. The highest BCUT2D eigenvalue weighted by molar-refractivity contribution is 7.71. The zero-order valence-electron chi connectivity index (χ0n) is 11.6. The van der Waals surface area contributed by atoms with E-state index in [9.17, 15) is 0 Å². The number of hydrogen-bond donors (Lipinski definition) is 1. The van der Waals surface area contributed by atoms with Crippen LogP contribution < -0.4 is 4.74 Å². The Hall–Kier alpha value is -1.68. The normalized spacial score (nSPS) is 15.4. The number of ether oxygens (including phenoxy) is 1. The third-order valence-electron chi connectivity index (χ3n) is 3.90. The van der Waals surface area contributed by atoms with E-state index in [1.165, 1.54) is 31.4 Å². The van der Waals surface area contributed by atoms with Crippen molar-refractivity contribution in [2.75, 3.05) is 7.11 Å². The molecule has 0 amide bonds. The van der Waals surface area contributed by atoms with E-state index in [0.29, 0.717) is 10.6 Å². The molecule has 1 N–H and O–H groups in total. The van der Waals surface area contributed by atoms with Gasteiger partial charge in [-0.2, -0.15) is 0 Å². The van der Waals surface area contributed by atoms with Crippen LogP contribution >= 0.6 is 12.2 Å². The van der Waals surface area contributed by atoms with E-state index in [0.717, 1.165) is 17.1 Å². The van der Waals surface area contributed by atoms with Crippen LogP contribution in [0, 0.1) is 4.64 Å². The molecule has 1 aromatic heterocycles. The van der Waals surface area contributed by atoms with Gasteiger partial charge in [0, 0.05) is 11.3 Å². The predicted octanol–water partition coefficient (Wildman–Crippen LogP) is 4.47. The minimum atomic E-state index is 0.601. The van der Waals surface area contributed by atoms with Gasteiger partial charge in [-0.05, 0) is 37.0 Å². The van der Waals surface area contributed by atoms with Crippen LogP contribution in [0.5, 0.6) is 5.75 Å². The monoisotopic (exact) mass is 286 g/mol. The first kappa shape index (κ1) is 13.3. The molecule has 4 heteroatoms. The molecule has 1 aliphatic carbocycles. The average Bonchev–Trinajstić information content (AvgIpc) is 3.01. The first-order valence-electron chi connectivity index (χ1n) is 7.02. The van der Waals surface area contributed by atoms with Gasteiger partial charge in [0.25, 0.3) is 0 Å². The fourth-order valence-electron chi connectivity index (χ4n) is 2.84. The predicted molar refractivity (Wildman–Crippen MR) is 82.6 cm³/mol. The fraction of sp³-hybridized carbons (Fsp3) is 0.375. The molecule has 3 rings (SSSR count). The van der Waals surface area contributed by atoms with Gasteiger partial charge in [-0.1, -0.05) is 37.2 Å². The summed E-state index contributed by atoms with van der Waals surface area (Å²) in [5, 5.41) is 0. The highest BCUT2D eigenvalue weighted by atomic mass is 32.1. The Kier molecular flexibility index (Phi) is 3.83. The molecule has 1 fully saturated rings. The first-order valence-corrected chi connectivity index (χ1v) is 7.43. The van der Waals surface area contributed by atoms with E-state index >= 15 is 0 Å². The Bertz CT molecular complexity index is 660. The highest BCUT2D eigenvalue weighted by Crippen LogP contribution is 2.33. The summed E-state index contributed by atoms with van der Waals surface area (Å²) in [5.41, 5.74) is 2.23. The topological polar surface area (TPSA) is 37.9 Å². The summed E-state index contributed by atoms with van der Waals surface area (Å²) in [4.78, 5) is 7.92. The third kappa shape index (κ3) is 2.75. The molecular formula is C16H18N2OS. The molecule has 104 valence electrons. The van der Waals surface area contributed by atoms with Gasteiger partial charge in [-0.3, -0.25) is 0 Å². The van der Waals surface area contributed by atoms with Gasteiger partial charge in [0.05, 0.1) is 7.11 Å². The van der Waals surface area contributed by atoms with Crippen LogP contribution in [0.4, 0.5) is 0 Å². The number of rotatable bonds is 3. The second-order valence-corrected chi connectivity index (χ2v) is 5.65. The molecule has 3 nitrogen and oxygen atoms in total. The molecule has 0 atom stereocenters. The molecule has 1 heterocycles. The molecule has 0 radical (unpaired) electrons. The SMILES string of the molecule is COc1cccc(-c2nc(=S)cc(C3CCCC3)[nH]2)c1. The van der Waals surface area contributed by atoms with Crippen LogP contribution in [0.25, 0.3) is 11.4 Å². The number of aromatic amines is 1. The molecule has 20 heavy (non-hydrogen) atoms. The molecule has 0 spiro atoms. The van der Waals surface area contributed by atoms with E-state index in [1.54, 1.807) is 7.11 Å². The zero-order valence-corrected chi connectivity index (χ0v) is 12.4. The Balaban J connectivity index is 2.02. The van der Waals surface area contributed by atoms with Crippen LogP contribution in [0.2, 0.25) is 0 Å². The summed E-state index contributed by atoms with van der Waals surface area (Å²) in [7, 11) is 1.67. The third-order valence-corrected chi connectivity index (χ3v) is 4.11. The highest BCUT2D eigenvalue weighted by Gasteiger charge is 2.18. The standard InChI is InChI=1S/C16H18N2OS/c1-19-13-8-4-7-12(9-13)16-17-14(10-15(20)18-16)11-5-2-3-6-11/h4,7-11H,2-3,5-6H2,1H3,(H,17,18,20). The molecule has 0 saturated heterocycles. The molecule has 2 aromatic rings. The van der Waals surface area contributed by atoms with Crippen molar-refractivity contribution in [3.8, 4) is 17.1 Å². The Labute approximate surface area is 124 Å². The number of methoxy groups -OCH3 is 1. The van der Waals surface area contributed by atoms with Gasteiger partial charge in [0.1, 0.15) is 16.2 Å². The van der Waals surface area contributed by atoms with Gasteiger partial charge >= 0.3 is 0 Å². The van der Waals surface area contributed by atoms with Crippen molar-refractivity contribution >= 4 is 12.2 Å². The van der Waals surface area contributed by atoms with Gasteiger partial charge < -0.3 is 9.72 Å². The van der Waals surface area contributed by atoms with Crippen LogP contribution in [-0.4, -0.2) is 17.1 Å². The van der Waals surface area contributed by atoms with E-state index in [1.807, 2.05) is 30.3 Å². The average molecular weight is 286 g/mol. The fourth-order valence-corrected chi connectivity index (χ4v) is 3.06. The molecular weight excluding hydrogens is 268 g/mol. The van der Waals surface area contributed by atoms with Gasteiger partial charge in [-0.25, -0.2) is 4.98 Å². The minimum Gasteiger partial charge on any atom is -0.497 e. The van der Waals surface area contributed by atoms with Crippen LogP contribution in [0.15, 0.2) is 30.3 Å². The smallest absolute Gasteiger partial charge is 0.139 e. The second kappa shape index (κ2) is 5.75. The minimum absolute atomic E-state index is 0.601. The van der Waals surface area contributed by atoms with Crippen molar-refractivity contribution in [2.45, 2.75) is 31.6 Å². The summed E-state index contributed by atoms with van der Waals surface area (Å²) in [6, 6.07) is 9.91. The lowest BCUT2D eigenvalue weighted by molar-refractivity contribution is 0.415. The number of nitrogens with zero attached hydrogens (tertiary/aromatic N) is 1. The van der Waals surface area contributed by atoms with E-state index < -0.39 is 0 Å². The zero-order chi connectivity index (χ0) is 13.9. The lowest BCUT2D eigenvalue weighted by atomic mass is 10.0. The largest absolute Gasteiger partial charge is 0.497 e. The number of nitrogens with one attached hydrogen (secondary N) is 1. The second-order valence-electron chi connectivity index (χ2n) is 5.24. The van der Waals surface area contributed by atoms with E-state index in [2.05, 4.69) is 9.97 Å². The van der Waals surface area contributed by atoms with Crippen molar-refractivity contribution < 1.29 is 4.74 Å². The number of H-pyrrole nitrogens is 1. The maximum absolute atomic E-state index is 5.32. The molecule has 0 aliphatic heterocycles. The van der Waals surface area contributed by atoms with Crippen LogP contribution in [0.1, 0.15) is 37.3 Å². The van der Waals surface area contributed by atoms with E-state index in [-0.39, 0.29) is 0 Å². The lowest BCUT2D eigenvalue weighted by Crippen LogP contribution is -2.00. The summed E-state index contributed by atoms with van der Waals surface area (Å²) in [6.45, 7) is 0. The molecule has 1 aromatic carbocycles. The Morgan fingerprint density at radius 2 is 2.05 bits per heavy atom. The van der Waals surface area contributed by atoms with Crippen molar-refractivity contribution in [1.29, 1.82) is 0 Å². The Morgan fingerprint density at radius 1 is 1.25 bits per heavy atom. The molecule has 1 saturated carbocycles. The number of aromatic nitrogens is 2. The van der Waals surface area contributed by atoms with Crippen molar-refractivity contribution in [3.05, 3.63) is 40.7 Å². The summed E-state index contributed by atoms with van der Waals surface area (Å²) in [5.74, 6) is 2.26. The quantitative estimate of drug-likeness (QED) is 0.846. The lowest BCUT2D eigenvalue weighted by Gasteiger charge is -2.12.